The Morgan fingerprint density at radius 1 is 1.47 bits per heavy atom. The lowest BCUT2D eigenvalue weighted by Crippen LogP contribution is -2.12. The molecule has 0 N–H and O–H groups in total. The van der Waals surface area contributed by atoms with E-state index in [0.29, 0.717) is 11.1 Å². The van der Waals surface area contributed by atoms with Gasteiger partial charge < -0.3 is 4.74 Å². The van der Waals surface area contributed by atoms with E-state index in [0.717, 1.165) is 0 Å². The van der Waals surface area contributed by atoms with Crippen molar-refractivity contribution in [3.8, 4) is 18.4 Å². The van der Waals surface area contributed by atoms with Gasteiger partial charge in [-0.25, -0.2) is 4.79 Å². The molecule has 1 aromatic carbocycles. The largest absolute Gasteiger partial charge is 0.446 e. The van der Waals surface area contributed by atoms with Crippen molar-refractivity contribution in [2.24, 2.45) is 0 Å². The molecule has 0 aliphatic carbocycles. The quantitative estimate of drug-likeness (QED) is 0.538. The van der Waals surface area contributed by atoms with Gasteiger partial charge in [-0.15, -0.1) is 6.42 Å². The Morgan fingerprint density at radius 2 is 2.07 bits per heavy atom. The lowest BCUT2D eigenvalue weighted by molar-refractivity contribution is 0.0439. The molecular weight excluding hydrogens is 190 g/mol. The van der Waals surface area contributed by atoms with Crippen molar-refractivity contribution in [1.82, 2.24) is 0 Å². The molecule has 0 aliphatic rings. The van der Waals surface area contributed by atoms with Gasteiger partial charge >= 0.3 is 5.97 Å². The molecule has 0 amide bonds. The van der Waals surface area contributed by atoms with E-state index in [2.05, 4.69) is 5.92 Å². The van der Waals surface area contributed by atoms with Crippen LogP contribution in [0.15, 0.2) is 24.3 Å². The third-order valence-electron chi connectivity index (χ3n) is 1.77. The van der Waals surface area contributed by atoms with Crippen molar-refractivity contribution < 1.29 is 9.53 Å². The summed E-state index contributed by atoms with van der Waals surface area (Å²) in [7, 11) is 0. The van der Waals surface area contributed by atoms with Crippen LogP contribution >= 0.6 is 0 Å². The maximum Gasteiger partial charge on any atom is 0.339 e. The monoisotopic (exact) mass is 199 g/mol. The van der Waals surface area contributed by atoms with Crippen LogP contribution in [0.2, 0.25) is 0 Å². The van der Waals surface area contributed by atoms with E-state index in [1.165, 1.54) is 12.1 Å². The fourth-order valence-electron chi connectivity index (χ4n) is 0.943. The van der Waals surface area contributed by atoms with Crippen LogP contribution in [-0.4, -0.2) is 12.1 Å². The highest BCUT2D eigenvalue weighted by molar-refractivity contribution is 5.89. The molecule has 3 nitrogen and oxygen atoms in total. The topological polar surface area (TPSA) is 50.1 Å². The third kappa shape index (κ3) is 2.86. The minimum Gasteiger partial charge on any atom is -0.446 e. The molecule has 0 aromatic heterocycles. The summed E-state index contributed by atoms with van der Waals surface area (Å²) in [5.74, 6) is 1.81. The first-order chi connectivity index (χ1) is 7.17. The van der Waals surface area contributed by atoms with Gasteiger partial charge in [-0.05, 0) is 31.2 Å². The first kappa shape index (κ1) is 10.8. The van der Waals surface area contributed by atoms with Crippen LogP contribution in [0, 0.1) is 23.7 Å². The molecule has 1 atom stereocenters. The normalized spacial score (nSPS) is 10.9. The zero-order chi connectivity index (χ0) is 11.3. The number of nitriles is 1. The highest BCUT2D eigenvalue weighted by Gasteiger charge is 2.09. The molecule has 0 saturated heterocycles. The summed E-state index contributed by atoms with van der Waals surface area (Å²) in [4.78, 5) is 11.4. The minimum absolute atomic E-state index is 0.385. The summed E-state index contributed by atoms with van der Waals surface area (Å²) in [6.45, 7) is 1.61. The standard InChI is InChI=1S/C12H9NO2/c1-3-9(2)15-12(14)11-6-4-10(8-13)5-7-11/h1,4-7,9H,2H3. The molecule has 0 heterocycles. The Hall–Kier alpha value is -2.26. The fraction of sp³-hybridized carbons (Fsp3) is 0.167. The number of ether oxygens (including phenoxy) is 1. The molecular formula is C12H9NO2. The van der Waals surface area contributed by atoms with Crippen molar-refractivity contribution >= 4 is 5.97 Å². The van der Waals surface area contributed by atoms with Crippen LogP contribution in [0.5, 0.6) is 0 Å². The molecule has 0 saturated carbocycles. The number of rotatable bonds is 2. The van der Waals surface area contributed by atoms with Crippen LogP contribution in [0.4, 0.5) is 0 Å². The second kappa shape index (κ2) is 4.83. The Labute approximate surface area is 88.3 Å². The summed E-state index contributed by atoms with van der Waals surface area (Å²) in [5, 5.41) is 8.56. The molecule has 0 fully saturated rings. The van der Waals surface area contributed by atoms with Crippen molar-refractivity contribution in [1.29, 1.82) is 5.26 Å². The number of esters is 1. The van der Waals surface area contributed by atoms with Crippen LogP contribution in [0.1, 0.15) is 22.8 Å². The van der Waals surface area contributed by atoms with Gasteiger partial charge in [0.05, 0.1) is 17.2 Å². The van der Waals surface area contributed by atoms with Crippen LogP contribution in [-0.2, 0) is 4.74 Å². The zero-order valence-electron chi connectivity index (χ0n) is 8.23. The van der Waals surface area contributed by atoms with E-state index < -0.39 is 12.1 Å². The third-order valence-corrected chi connectivity index (χ3v) is 1.77. The van der Waals surface area contributed by atoms with Crippen LogP contribution in [0.3, 0.4) is 0 Å². The zero-order valence-corrected chi connectivity index (χ0v) is 8.23. The first-order valence-electron chi connectivity index (χ1n) is 4.34. The molecule has 1 unspecified atom stereocenters. The number of hydrogen-bond donors (Lipinski definition) is 0. The maximum absolute atomic E-state index is 11.4. The van der Waals surface area contributed by atoms with Gasteiger partial charge in [0.2, 0.25) is 0 Å². The van der Waals surface area contributed by atoms with Gasteiger partial charge in [-0.2, -0.15) is 5.26 Å². The van der Waals surface area contributed by atoms with Gasteiger partial charge in [-0.3, -0.25) is 0 Å². The van der Waals surface area contributed by atoms with E-state index in [1.807, 2.05) is 6.07 Å². The fourth-order valence-corrected chi connectivity index (χ4v) is 0.943. The van der Waals surface area contributed by atoms with Crippen LogP contribution < -0.4 is 0 Å². The summed E-state index contributed by atoms with van der Waals surface area (Å²) < 4.78 is 4.90. The van der Waals surface area contributed by atoms with E-state index in [-0.39, 0.29) is 0 Å². The van der Waals surface area contributed by atoms with Gasteiger partial charge in [0.25, 0.3) is 0 Å². The Kier molecular flexibility index (Phi) is 3.49. The van der Waals surface area contributed by atoms with E-state index in [1.54, 1.807) is 19.1 Å². The summed E-state index contributed by atoms with van der Waals surface area (Å²) in [6, 6.07) is 8.13. The summed E-state index contributed by atoms with van der Waals surface area (Å²) >= 11 is 0. The van der Waals surface area contributed by atoms with Gasteiger partial charge in [0, 0.05) is 0 Å². The lowest BCUT2D eigenvalue weighted by atomic mass is 10.1. The van der Waals surface area contributed by atoms with Gasteiger partial charge in [0.1, 0.15) is 0 Å². The molecule has 0 bridgehead atoms. The SMILES string of the molecule is C#CC(C)OC(=O)c1ccc(C#N)cc1. The van der Waals surface area contributed by atoms with Gasteiger partial charge in [0.15, 0.2) is 6.10 Å². The number of terminal acetylenes is 1. The molecule has 74 valence electrons. The number of hydrogen-bond acceptors (Lipinski definition) is 3. The van der Waals surface area contributed by atoms with E-state index in [9.17, 15) is 4.79 Å². The van der Waals surface area contributed by atoms with E-state index in [4.69, 9.17) is 16.4 Å². The number of benzene rings is 1. The molecule has 3 heteroatoms. The van der Waals surface area contributed by atoms with Crippen molar-refractivity contribution in [3.05, 3.63) is 35.4 Å². The smallest absolute Gasteiger partial charge is 0.339 e. The van der Waals surface area contributed by atoms with Crippen molar-refractivity contribution in [2.75, 3.05) is 0 Å². The second-order valence-electron chi connectivity index (χ2n) is 2.90. The molecule has 0 spiro atoms. The highest BCUT2D eigenvalue weighted by atomic mass is 16.5. The minimum atomic E-state index is -0.548. The average Bonchev–Trinajstić information content (AvgIpc) is 2.29. The Balaban J connectivity index is 2.76. The number of carbonyl (C=O) groups excluding carboxylic acids is 1. The predicted octanol–water partition coefficient (Wildman–Crippen LogP) is 1.74. The number of nitrogens with zero attached hydrogens (tertiary/aromatic N) is 1. The molecule has 0 radical (unpaired) electrons. The maximum atomic E-state index is 11.4. The Morgan fingerprint density at radius 3 is 2.53 bits per heavy atom. The molecule has 15 heavy (non-hydrogen) atoms. The van der Waals surface area contributed by atoms with Gasteiger partial charge in [-0.1, -0.05) is 5.92 Å². The number of carbonyl (C=O) groups is 1. The van der Waals surface area contributed by atoms with Crippen molar-refractivity contribution in [2.45, 2.75) is 13.0 Å². The molecule has 1 aromatic rings. The highest BCUT2D eigenvalue weighted by Crippen LogP contribution is 2.06. The van der Waals surface area contributed by atoms with Crippen molar-refractivity contribution in [3.63, 3.8) is 0 Å². The first-order valence-corrected chi connectivity index (χ1v) is 4.34. The second-order valence-corrected chi connectivity index (χ2v) is 2.90. The summed E-state index contributed by atoms with van der Waals surface area (Å²) in [5.41, 5.74) is 0.882. The van der Waals surface area contributed by atoms with E-state index >= 15 is 0 Å². The lowest BCUT2D eigenvalue weighted by Gasteiger charge is -2.06. The predicted molar refractivity (Wildman–Crippen MR) is 54.9 cm³/mol. The summed E-state index contributed by atoms with van der Waals surface area (Å²) in [6.07, 6.45) is 4.53. The molecule has 0 aliphatic heterocycles. The molecule has 1 rings (SSSR count). The Bertz CT molecular complexity index is 434. The average molecular weight is 199 g/mol. The van der Waals surface area contributed by atoms with Crippen LogP contribution in [0.25, 0.3) is 0 Å².